The van der Waals surface area contributed by atoms with Gasteiger partial charge in [0, 0.05) is 0 Å². The van der Waals surface area contributed by atoms with Gasteiger partial charge in [-0.3, -0.25) is 9.35 Å². The van der Waals surface area contributed by atoms with E-state index < -0.39 is 27.4 Å². The van der Waals surface area contributed by atoms with Crippen LogP contribution < -0.4 is 0 Å². The minimum Gasteiger partial charge on any atom is -0.459 e. The van der Waals surface area contributed by atoms with Crippen LogP contribution in [0.3, 0.4) is 0 Å². The lowest BCUT2D eigenvalue weighted by Gasteiger charge is -2.31. The number of carbonyl (C=O) groups is 1. The average molecular weight is 326 g/mol. The predicted octanol–water partition coefficient (Wildman–Crippen LogP) is 0.291. The van der Waals surface area contributed by atoms with Crippen molar-refractivity contribution in [1.82, 2.24) is 0 Å². The normalized spacial score (nSPS) is 14.8. The van der Waals surface area contributed by atoms with Crippen molar-refractivity contribution in [2.75, 3.05) is 39.5 Å². The van der Waals surface area contributed by atoms with Gasteiger partial charge in [-0.1, -0.05) is 6.92 Å². The third-order valence-corrected chi connectivity index (χ3v) is 4.28. The molecule has 0 aliphatic carbocycles. The number of likely N-dealkylation sites (N-methyl/N-ethyl adjacent to an activating group) is 1. The second-order valence-corrected chi connectivity index (χ2v) is 8.11. The molecule has 0 aromatic rings. The first-order valence-electron chi connectivity index (χ1n) is 6.91. The van der Waals surface area contributed by atoms with E-state index in [9.17, 15) is 18.3 Å². The van der Waals surface area contributed by atoms with Crippen LogP contribution in [-0.4, -0.2) is 74.2 Å². The first-order valence-corrected chi connectivity index (χ1v) is 8.52. The largest absolute Gasteiger partial charge is 0.459 e. The Morgan fingerprint density at radius 3 is 2.29 bits per heavy atom. The fourth-order valence-electron chi connectivity index (χ4n) is 1.68. The molecule has 0 heterocycles. The van der Waals surface area contributed by atoms with E-state index in [1.165, 1.54) is 0 Å². The Hall–Kier alpha value is -0.700. The summed E-state index contributed by atoms with van der Waals surface area (Å²) in [6, 6.07) is 0. The summed E-state index contributed by atoms with van der Waals surface area (Å²) in [5.41, 5.74) is -0.526. The second kappa shape index (κ2) is 7.53. The number of rotatable bonds is 9. The lowest BCUT2D eigenvalue weighted by atomic mass is 9.91. The van der Waals surface area contributed by atoms with Gasteiger partial charge < -0.3 is 14.3 Å². The van der Waals surface area contributed by atoms with Crippen molar-refractivity contribution in [3.8, 4) is 0 Å². The Morgan fingerprint density at radius 1 is 1.33 bits per heavy atom. The molecule has 7 nitrogen and oxygen atoms in total. The highest BCUT2D eigenvalue weighted by Gasteiger charge is 2.29. The summed E-state index contributed by atoms with van der Waals surface area (Å²) < 4.78 is 35.6. The van der Waals surface area contributed by atoms with Gasteiger partial charge in [0.2, 0.25) is 0 Å². The predicted molar refractivity (Wildman–Crippen MR) is 79.3 cm³/mol. The summed E-state index contributed by atoms with van der Waals surface area (Å²) in [6.45, 7) is 6.29. The second-order valence-electron chi connectivity index (χ2n) is 6.62. The molecule has 8 heteroatoms. The van der Waals surface area contributed by atoms with E-state index in [1.807, 2.05) is 20.8 Å². The van der Waals surface area contributed by atoms with Gasteiger partial charge in [-0.15, -0.1) is 0 Å². The zero-order chi connectivity index (χ0) is 16.9. The van der Waals surface area contributed by atoms with Gasteiger partial charge in [0.05, 0.1) is 19.5 Å². The van der Waals surface area contributed by atoms with Gasteiger partial charge in [-0.05, 0) is 20.3 Å². The molecule has 0 fully saturated rings. The lowest BCUT2D eigenvalue weighted by molar-refractivity contribution is -0.893. The van der Waals surface area contributed by atoms with Gasteiger partial charge in [-0.2, -0.15) is 8.42 Å². The van der Waals surface area contributed by atoms with Crippen molar-refractivity contribution in [3.05, 3.63) is 0 Å². The Kier molecular flexibility index (Phi) is 7.28. The number of quaternary nitrogens is 1. The van der Waals surface area contributed by atoms with Crippen LogP contribution >= 0.6 is 0 Å². The van der Waals surface area contributed by atoms with Crippen molar-refractivity contribution in [3.63, 3.8) is 0 Å². The number of aliphatic hydroxyl groups is 1. The summed E-state index contributed by atoms with van der Waals surface area (Å²) in [5.74, 6) is -0.972. The van der Waals surface area contributed by atoms with Gasteiger partial charge >= 0.3 is 5.97 Å². The molecule has 1 unspecified atom stereocenters. The van der Waals surface area contributed by atoms with Crippen LogP contribution in [0.15, 0.2) is 0 Å². The fraction of sp³-hybridized carbons (Fsp3) is 0.923. The van der Waals surface area contributed by atoms with Crippen LogP contribution in [0.5, 0.6) is 0 Å². The van der Waals surface area contributed by atoms with E-state index in [2.05, 4.69) is 0 Å². The van der Waals surface area contributed by atoms with Crippen LogP contribution in [0.1, 0.15) is 27.2 Å². The lowest BCUT2D eigenvalue weighted by Crippen LogP contribution is -2.49. The highest BCUT2D eigenvalue weighted by atomic mass is 32.2. The summed E-state index contributed by atoms with van der Waals surface area (Å²) in [5, 5.41) is 9.63. The minimum atomic E-state index is -4.20. The average Bonchev–Trinajstić information content (AvgIpc) is 2.24. The van der Waals surface area contributed by atoms with Crippen molar-refractivity contribution < 1.29 is 32.1 Å². The van der Waals surface area contributed by atoms with Crippen LogP contribution in [0.4, 0.5) is 0 Å². The molecule has 21 heavy (non-hydrogen) atoms. The van der Waals surface area contributed by atoms with E-state index in [-0.39, 0.29) is 23.6 Å². The minimum absolute atomic E-state index is 0.133. The van der Waals surface area contributed by atoms with E-state index in [1.54, 1.807) is 14.1 Å². The standard InChI is InChI=1S/C13H27NO6S/c1-6-13(2,3)12(16)20-8-7-14(4,5)9-11(15)10-21(17,18)19/h11,15H,6-10H2,1-5H3/p+1. The summed E-state index contributed by atoms with van der Waals surface area (Å²) in [4.78, 5) is 11.8. The molecule has 1 atom stereocenters. The molecule has 0 aromatic carbocycles. The molecule has 0 radical (unpaired) electrons. The van der Waals surface area contributed by atoms with E-state index in [4.69, 9.17) is 9.29 Å². The molecule has 0 saturated heterocycles. The number of nitrogens with zero attached hydrogens (tertiary/aromatic N) is 1. The van der Waals surface area contributed by atoms with Crippen LogP contribution in [0.25, 0.3) is 0 Å². The topological polar surface area (TPSA) is 101 Å². The molecule has 126 valence electrons. The van der Waals surface area contributed by atoms with Gasteiger partial charge in [0.15, 0.2) is 0 Å². The Balaban J connectivity index is 4.28. The number of esters is 1. The quantitative estimate of drug-likeness (QED) is 0.359. The highest BCUT2D eigenvalue weighted by Crippen LogP contribution is 2.21. The third kappa shape index (κ3) is 9.02. The molecule has 0 spiro atoms. The number of carbonyl (C=O) groups excluding carboxylic acids is 1. The molecular weight excluding hydrogens is 298 g/mol. The monoisotopic (exact) mass is 326 g/mol. The maximum absolute atomic E-state index is 11.8. The van der Waals surface area contributed by atoms with Gasteiger partial charge in [0.1, 0.15) is 31.6 Å². The smallest absolute Gasteiger partial charge is 0.311 e. The fourth-order valence-corrected chi connectivity index (χ4v) is 2.27. The number of ether oxygens (including phenoxy) is 1. The van der Waals surface area contributed by atoms with Crippen LogP contribution in [-0.2, 0) is 19.6 Å². The van der Waals surface area contributed by atoms with Crippen molar-refractivity contribution in [2.24, 2.45) is 5.41 Å². The van der Waals surface area contributed by atoms with Crippen LogP contribution in [0.2, 0.25) is 0 Å². The summed E-state index contributed by atoms with van der Waals surface area (Å²) >= 11 is 0. The molecule has 0 amide bonds. The van der Waals surface area contributed by atoms with Crippen molar-refractivity contribution in [2.45, 2.75) is 33.3 Å². The molecule has 0 aliphatic heterocycles. The van der Waals surface area contributed by atoms with Gasteiger partial charge in [0.25, 0.3) is 10.1 Å². The van der Waals surface area contributed by atoms with E-state index >= 15 is 0 Å². The molecule has 2 N–H and O–H groups in total. The van der Waals surface area contributed by atoms with E-state index in [0.717, 1.165) is 0 Å². The zero-order valence-electron chi connectivity index (χ0n) is 13.5. The zero-order valence-corrected chi connectivity index (χ0v) is 14.3. The SMILES string of the molecule is CCC(C)(C)C(=O)OCC[N+](C)(C)CC(O)CS(=O)(=O)O. The maximum atomic E-state index is 11.8. The van der Waals surface area contributed by atoms with E-state index in [0.29, 0.717) is 13.0 Å². The molecular formula is C13H28NO6S+. The Bertz CT molecular complexity index is 444. The Labute approximate surface area is 127 Å². The first kappa shape index (κ1) is 20.3. The van der Waals surface area contributed by atoms with Crippen molar-refractivity contribution >= 4 is 16.1 Å². The molecule has 0 bridgehead atoms. The summed E-state index contributed by atoms with van der Waals surface area (Å²) in [6.07, 6.45) is -0.491. The molecule has 0 saturated carbocycles. The molecule has 0 aromatic heterocycles. The summed E-state index contributed by atoms with van der Waals surface area (Å²) in [7, 11) is -0.630. The number of hydrogen-bond acceptors (Lipinski definition) is 5. The maximum Gasteiger partial charge on any atom is 0.311 e. The van der Waals surface area contributed by atoms with Crippen LogP contribution in [0, 0.1) is 5.41 Å². The van der Waals surface area contributed by atoms with Crippen molar-refractivity contribution in [1.29, 1.82) is 0 Å². The number of aliphatic hydroxyl groups excluding tert-OH is 1. The highest BCUT2D eigenvalue weighted by molar-refractivity contribution is 7.85. The Morgan fingerprint density at radius 2 is 1.86 bits per heavy atom. The van der Waals surface area contributed by atoms with Gasteiger partial charge in [-0.25, -0.2) is 0 Å². The molecule has 0 rings (SSSR count). The molecule has 0 aliphatic rings. The third-order valence-electron chi connectivity index (χ3n) is 3.47. The number of hydrogen-bond donors (Lipinski definition) is 2. The first-order chi connectivity index (χ1) is 9.29.